The quantitative estimate of drug-likeness (QED) is 0.236. The number of urea groups is 1. The molecule has 0 unspecified atom stereocenters. The number of sulfonamides is 1. The molecular weight excluding hydrogens is 719 g/mol. The Balaban J connectivity index is 1.44. The SMILES string of the molecule is CCOc1cc(C(C)(C)C#N)ccc1C1=N[C@@](C)(c2ccc(Cl)cc2)[C@@](C)(c2ccc(Cl)cc2)N1C(=O)N1CCN(CCN2CCCS2(=O)=O)CC1. The first-order valence-corrected chi connectivity index (χ1v) is 20.1. The smallest absolute Gasteiger partial charge is 0.326 e. The average Bonchev–Trinajstić information content (AvgIpc) is 3.60. The number of rotatable bonds is 9. The van der Waals surface area contributed by atoms with E-state index in [1.165, 1.54) is 0 Å². The highest BCUT2D eigenvalue weighted by molar-refractivity contribution is 7.89. The van der Waals surface area contributed by atoms with E-state index in [1.807, 2.05) is 111 Å². The predicted octanol–water partition coefficient (Wildman–Crippen LogP) is 6.86. The molecule has 13 heteroatoms. The molecular formula is C39H46Cl2N6O4S. The zero-order valence-electron chi connectivity index (χ0n) is 30.4. The van der Waals surface area contributed by atoms with E-state index in [2.05, 4.69) is 11.0 Å². The number of benzene rings is 3. The second kappa shape index (κ2) is 14.6. The average molecular weight is 766 g/mol. The van der Waals surface area contributed by atoms with Gasteiger partial charge < -0.3 is 9.64 Å². The van der Waals surface area contributed by atoms with E-state index >= 15 is 4.79 Å². The Morgan fingerprint density at radius 3 is 2.10 bits per heavy atom. The Kier molecular flexibility index (Phi) is 10.7. The first-order valence-electron chi connectivity index (χ1n) is 17.7. The van der Waals surface area contributed by atoms with Gasteiger partial charge in [-0.25, -0.2) is 17.5 Å². The third-order valence-corrected chi connectivity index (χ3v) is 13.4. The highest BCUT2D eigenvalue weighted by Gasteiger charge is 2.60. The molecule has 0 saturated carbocycles. The first-order chi connectivity index (χ1) is 24.6. The van der Waals surface area contributed by atoms with Crippen molar-refractivity contribution >= 4 is 45.1 Å². The molecule has 2 atom stereocenters. The maximum absolute atomic E-state index is 15.2. The highest BCUT2D eigenvalue weighted by atomic mass is 35.5. The Hall–Kier alpha value is -3.66. The van der Waals surface area contributed by atoms with Crippen LogP contribution in [0.5, 0.6) is 5.75 Å². The summed E-state index contributed by atoms with van der Waals surface area (Å²) in [4.78, 5) is 26.6. The van der Waals surface area contributed by atoms with Crippen molar-refractivity contribution in [3.05, 3.63) is 99.0 Å². The fourth-order valence-corrected chi connectivity index (χ4v) is 9.27. The van der Waals surface area contributed by atoms with E-state index in [4.69, 9.17) is 32.9 Å². The lowest BCUT2D eigenvalue weighted by atomic mass is 9.71. The van der Waals surface area contributed by atoms with Crippen LogP contribution in [0.15, 0.2) is 71.7 Å². The van der Waals surface area contributed by atoms with Crippen LogP contribution in [0.2, 0.25) is 10.0 Å². The van der Waals surface area contributed by atoms with Crippen molar-refractivity contribution in [1.29, 1.82) is 5.26 Å². The van der Waals surface area contributed by atoms with Gasteiger partial charge in [0.15, 0.2) is 0 Å². The third-order valence-electron chi connectivity index (χ3n) is 11.0. The van der Waals surface area contributed by atoms with Crippen LogP contribution in [-0.2, 0) is 26.5 Å². The van der Waals surface area contributed by atoms with Crippen LogP contribution in [0.4, 0.5) is 4.79 Å². The second-order valence-corrected chi connectivity index (χ2v) is 17.5. The lowest BCUT2D eigenvalue weighted by Crippen LogP contribution is -2.61. The highest BCUT2D eigenvalue weighted by Crippen LogP contribution is 2.54. The monoisotopic (exact) mass is 764 g/mol. The summed E-state index contributed by atoms with van der Waals surface area (Å²) in [6.07, 6.45) is 0.662. The molecule has 0 N–H and O–H groups in total. The van der Waals surface area contributed by atoms with Gasteiger partial charge in [0.2, 0.25) is 10.0 Å². The van der Waals surface area contributed by atoms with Crippen molar-refractivity contribution in [3.8, 4) is 11.8 Å². The lowest BCUT2D eigenvalue weighted by Gasteiger charge is -2.47. The molecule has 3 heterocycles. The van der Waals surface area contributed by atoms with Crippen molar-refractivity contribution < 1.29 is 17.9 Å². The molecule has 2 fully saturated rings. The molecule has 3 aromatic rings. The molecule has 0 radical (unpaired) electrons. The number of amides is 2. The Morgan fingerprint density at radius 2 is 1.54 bits per heavy atom. The molecule has 0 aliphatic carbocycles. The molecule has 6 rings (SSSR count). The predicted molar refractivity (Wildman–Crippen MR) is 206 cm³/mol. The van der Waals surface area contributed by atoms with Crippen LogP contribution in [0.25, 0.3) is 0 Å². The molecule has 276 valence electrons. The van der Waals surface area contributed by atoms with Crippen LogP contribution in [-0.4, -0.2) is 97.5 Å². The lowest BCUT2D eigenvalue weighted by molar-refractivity contribution is 0.0859. The van der Waals surface area contributed by atoms with Gasteiger partial charge in [0.25, 0.3) is 0 Å². The maximum atomic E-state index is 15.2. The molecule has 3 aliphatic heterocycles. The van der Waals surface area contributed by atoms with E-state index in [1.54, 1.807) is 4.31 Å². The minimum absolute atomic E-state index is 0.208. The summed E-state index contributed by atoms with van der Waals surface area (Å²) in [6, 6.07) is 23.0. The summed E-state index contributed by atoms with van der Waals surface area (Å²) >= 11 is 12.8. The first kappa shape index (κ1) is 38.1. The van der Waals surface area contributed by atoms with E-state index < -0.39 is 26.5 Å². The molecule has 2 saturated heterocycles. The van der Waals surface area contributed by atoms with Crippen molar-refractivity contribution in [2.24, 2.45) is 4.99 Å². The third kappa shape index (κ3) is 6.92. The minimum atomic E-state index is -3.17. The fraction of sp³-hybridized carbons (Fsp3) is 0.462. The summed E-state index contributed by atoms with van der Waals surface area (Å²) < 4.78 is 32.6. The van der Waals surface area contributed by atoms with Gasteiger partial charge in [0, 0.05) is 55.9 Å². The number of hydrogen-bond donors (Lipinski definition) is 0. The van der Waals surface area contributed by atoms with E-state index in [0.29, 0.717) is 86.0 Å². The zero-order chi connectivity index (χ0) is 37.5. The largest absolute Gasteiger partial charge is 0.493 e. The van der Waals surface area contributed by atoms with Gasteiger partial charge in [0.05, 0.1) is 29.4 Å². The van der Waals surface area contributed by atoms with Crippen LogP contribution in [0.3, 0.4) is 0 Å². The number of hydrogen-bond acceptors (Lipinski definition) is 7. The van der Waals surface area contributed by atoms with Crippen molar-refractivity contribution in [2.75, 3.05) is 58.2 Å². The molecule has 3 aromatic carbocycles. The molecule has 0 aromatic heterocycles. The van der Waals surface area contributed by atoms with Crippen molar-refractivity contribution in [2.45, 2.75) is 57.5 Å². The normalized spacial score (nSPS) is 23.8. The van der Waals surface area contributed by atoms with Gasteiger partial charge in [0.1, 0.15) is 22.7 Å². The standard InChI is InChI=1S/C39H46Cl2N6O4S/c1-6-51-34-26-30(37(2,3)27-42)12-17-33(34)35-43-38(4,28-8-13-31(40)14-9-28)39(5,29-10-15-32(41)16-11-29)47(35)36(48)45-22-19-44(20-23-45)21-24-46-18-7-25-52(46,49)50/h8-17,26H,6-7,18-25H2,1-5H3/t38-,39+/m0/s1. The van der Waals surface area contributed by atoms with Crippen molar-refractivity contribution in [1.82, 2.24) is 19.0 Å². The van der Waals surface area contributed by atoms with Gasteiger partial charge in [-0.05, 0) is 94.1 Å². The number of ether oxygens (including phenoxy) is 1. The molecule has 0 spiro atoms. The summed E-state index contributed by atoms with van der Waals surface area (Å²) in [5, 5.41) is 11.1. The minimum Gasteiger partial charge on any atom is -0.493 e. The summed E-state index contributed by atoms with van der Waals surface area (Å²) in [5.41, 5.74) is 0.288. The molecule has 2 amide bonds. The molecule has 10 nitrogen and oxygen atoms in total. The number of nitrogens with zero attached hydrogens (tertiary/aromatic N) is 6. The number of carbonyl (C=O) groups excluding carboxylic acids is 1. The number of aliphatic imine (C=N–C) groups is 1. The second-order valence-electron chi connectivity index (χ2n) is 14.5. The van der Waals surface area contributed by atoms with Gasteiger partial charge in [-0.15, -0.1) is 0 Å². The summed E-state index contributed by atoms with van der Waals surface area (Å²) in [7, 11) is -3.17. The van der Waals surface area contributed by atoms with Crippen LogP contribution in [0, 0.1) is 11.3 Å². The van der Waals surface area contributed by atoms with Crippen LogP contribution in [0.1, 0.15) is 63.3 Å². The van der Waals surface area contributed by atoms with E-state index in [-0.39, 0.29) is 11.8 Å². The van der Waals surface area contributed by atoms with Crippen LogP contribution >= 0.6 is 23.2 Å². The number of amidine groups is 1. The Bertz CT molecular complexity index is 1990. The zero-order valence-corrected chi connectivity index (χ0v) is 32.7. The Morgan fingerprint density at radius 1 is 0.923 bits per heavy atom. The Labute approximate surface area is 317 Å². The van der Waals surface area contributed by atoms with Gasteiger partial charge >= 0.3 is 6.03 Å². The fourth-order valence-electron chi connectivity index (χ4n) is 7.50. The summed E-state index contributed by atoms with van der Waals surface area (Å²) in [5.74, 6) is 1.19. The molecule has 52 heavy (non-hydrogen) atoms. The molecule has 0 bridgehead atoms. The number of halogens is 2. The van der Waals surface area contributed by atoms with E-state index in [0.717, 1.165) is 16.7 Å². The topological polar surface area (TPSA) is 110 Å². The van der Waals surface area contributed by atoms with Crippen molar-refractivity contribution in [3.63, 3.8) is 0 Å². The van der Waals surface area contributed by atoms with Gasteiger partial charge in [-0.2, -0.15) is 5.26 Å². The number of carbonyl (C=O) groups is 1. The van der Waals surface area contributed by atoms with Crippen LogP contribution < -0.4 is 4.74 Å². The van der Waals surface area contributed by atoms with E-state index in [9.17, 15) is 13.7 Å². The molecule has 3 aliphatic rings. The summed E-state index contributed by atoms with van der Waals surface area (Å²) in [6.45, 7) is 13.8. The van der Waals surface area contributed by atoms with Gasteiger partial charge in [-0.3, -0.25) is 14.8 Å². The maximum Gasteiger partial charge on any atom is 0.326 e. The number of piperazine rings is 1. The van der Waals surface area contributed by atoms with Gasteiger partial charge in [-0.1, -0.05) is 53.5 Å². The number of nitriles is 1.